The predicted octanol–water partition coefficient (Wildman–Crippen LogP) is 5.39. The molecule has 7 heteroatoms. The number of benzene rings is 2. The summed E-state index contributed by atoms with van der Waals surface area (Å²) in [4.78, 5) is 17.2. The number of aromatic carboxylic acids is 1. The number of carboxylic acids is 1. The van der Waals surface area contributed by atoms with Gasteiger partial charge in [-0.15, -0.1) is 0 Å². The predicted molar refractivity (Wildman–Crippen MR) is 129 cm³/mol. The Kier molecular flexibility index (Phi) is 5.98. The summed E-state index contributed by atoms with van der Waals surface area (Å²) in [5, 5.41) is 11.6. The molecule has 3 heterocycles. The smallest absolute Gasteiger partial charge is 0.336 e. The van der Waals surface area contributed by atoms with Gasteiger partial charge in [0, 0.05) is 30.6 Å². The minimum Gasteiger partial charge on any atom is -0.492 e. The van der Waals surface area contributed by atoms with Crippen molar-refractivity contribution in [3.8, 4) is 17.2 Å². The van der Waals surface area contributed by atoms with Crippen LogP contribution in [-0.4, -0.2) is 49.1 Å². The van der Waals surface area contributed by atoms with Crippen molar-refractivity contribution in [1.29, 1.82) is 0 Å². The molecule has 1 saturated heterocycles. The number of rotatable bonds is 6. The number of aryl methyl sites for hydroxylation is 2. The van der Waals surface area contributed by atoms with Crippen molar-refractivity contribution < 1.29 is 28.5 Å². The summed E-state index contributed by atoms with van der Waals surface area (Å²) in [5.74, 6) is 0.189. The summed E-state index contributed by atoms with van der Waals surface area (Å²) in [7, 11) is 1.67. The number of methoxy groups -OCH3 is 1. The molecule has 0 radical (unpaired) electrons. The summed E-state index contributed by atoms with van der Waals surface area (Å²) in [5.41, 5.74) is 3.74. The number of fused-ring (bicyclic) bond motifs is 2. The second-order valence-electron chi connectivity index (χ2n) is 8.73. The average Bonchev–Trinajstić information content (AvgIpc) is 3.20. The van der Waals surface area contributed by atoms with E-state index in [9.17, 15) is 9.90 Å². The third-order valence-electron chi connectivity index (χ3n) is 6.63. The van der Waals surface area contributed by atoms with Crippen LogP contribution in [-0.2, 0) is 9.47 Å². The van der Waals surface area contributed by atoms with Crippen molar-refractivity contribution in [2.24, 2.45) is 5.92 Å². The monoisotopic (exact) mass is 461 g/mol. The first kappa shape index (κ1) is 22.4. The maximum absolute atomic E-state index is 12.4. The molecule has 1 N–H and O–H groups in total. The van der Waals surface area contributed by atoms with Crippen molar-refractivity contribution in [2.45, 2.75) is 26.4 Å². The second kappa shape index (κ2) is 9.08. The number of hydrogen-bond acceptors (Lipinski definition) is 6. The van der Waals surface area contributed by atoms with Crippen LogP contribution in [0.4, 0.5) is 0 Å². The Hall–Kier alpha value is -3.42. The molecule has 5 rings (SSSR count). The van der Waals surface area contributed by atoms with Crippen molar-refractivity contribution in [1.82, 2.24) is 4.98 Å². The van der Waals surface area contributed by atoms with E-state index < -0.39 is 5.97 Å². The van der Waals surface area contributed by atoms with Gasteiger partial charge in [-0.1, -0.05) is 24.3 Å². The minimum atomic E-state index is -1.04. The highest BCUT2D eigenvalue weighted by atomic mass is 16.5. The van der Waals surface area contributed by atoms with Gasteiger partial charge in [0.2, 0.25) is 0 Å². The molecule has 0 saturated carbocycles. The Morgan fingerprint density at radius 3 is 2.79 bits per heavy atom. The maximum atomic E-state index is 12.4. The molecule has 4 aromatic rings. The Morgan fingerprint density at radius 1 is 1.21 bits per heavy atom. The molecule has 34 heavy (non-hydrogen) atoms. The van der Waals surface area contributed by atoms with Gasteiger partial charge >= 0.3 is 5.97 Å². The quantitative estimate of drug-likeness (QED) is 0.411. The molecule has 2 aromatic heterocycles. The van der Waals surface area contributed by atoms with E-state index >= 15 is 0 Å². The van der Waals surface area contributed by atoms with Gasteiger partial charge in [0.15, 0.2) is 5.76 Å². The van der Waals surface area contributed by atoms with Crippen LogP contribution in [0.15, 0.2) is 46.9 Å². The number of carboxylic acid groups (broad SMARTS) is 1. The SMILES string of the molecule is CO[C@H]1COCC[C@H]1COc1ccc(C)c2nc(-c3oc4ccccc4c3C)cc(C(=O)O)c12. The van der Waals surface area contributed by atoms with Gasteiger partial charge in [-0.3, -0.25) is 0 Å². The van der Waals surface area contributed by atoms with Crippen molar-refractivity contribution in [3.05, 3.63) is 59.2 Å². The van der Waals surface area contributed by atoms with Crippen LogP contribution >= 0.6 is 0 Å². The van der Waals surface area contributed by atoms with E-state index in [-0.39, 0.29) is 17.6 Å². The molecule has 1 fully saturated rings. The van der Waals surface area contributed by atoms with Crippen LogP contribution < -0.4 is 4.74 Å². The lowest BCUT2D eigenvalue weighted by atomic mass is 9.98. The summed E-state index contributed by atoms with van der Waals surface area (Å²) >= 11 is 0. The van der Waals surface area contributed by atoms with E-state index in [0.29, 0.717) is 47.9 Å². The molecular weight excluding hydrogens is 434 g/mol. The number of carbonyl (C=O) groups is 1. The van der Waals surface area contributed by atoms with Gasteiger partial charge in [-0.05, 0) is 44.0 Å². The average molecular weight is 462 g/mol. The van der Waals surface area contributed by atoms with E-state index in [2.05, 4.69) is 0 Å². The van der Waals surface area contributed by atoms with E-state index in [1.165, 1.54) is 0 Å². The second-order valence-corrected chi connectivity index (χ2v) is 8.73. The highest BCUT2D eigenvalue weighted by molar-refractivity contribution is 6.07. The molecular formula is C27H27NO6. The number of hydrogen-bond donors (Lipinski definition) is 1. The number of aromatic nitrogens is 1. The lowest BCUT2D eigenvalue weighted by Crippen LogP contribution is -2.37. The van der Waals surface area contributed by atoms with E-state index in [1.807, 2.05) is 50.2 Å². The highest BCUT2D eigenvalue weighted by Gasteiger charge is 2.27. The van der Waals surface area contributed by atoms with E-state index in [1.54, 1.807) is 13.2 Å². The Bertz CT molecular complexity index is 1370. The molecule has 0 aliphatic carbocycles. The Morgan fingerprint density at radius 2 is 2.03 bits per heavy atom. The van der Waals surface area contributed by atoms with Gasteiger partial charge in [0.25, 0.3) is 0 Å². The first-order chi connectivity index (χ1) is 16.5. The number of ether oxygens (including phenoxy) is 3. The Labute approximate surface area is 197 Å². The molecule has 176 valence electrons. The zero-order valence-corrected chi connectivity index (χ0v) is 19.5. The van der Waals surface area contributed by atoms with Gasteiger partial charge in [0.1, 0.15) is 17.0 Å². The zero-order valence-electron chi connectivity index (χ0n) is 19.5. The minimum absolute atomic E-state index is 0.0507. The third kappa shape index (κ3) is 3.91. The molecule has 2 atom stereocenters. The molecule has 0 bridgehead atoms. The summed E-state index contributed by atoms with van der Waals surface area (Å²) in [6, 6.07) is 13.0. The van der Waals surface area contributed by atoms with Crippen LogP contribution in [0.2, 0.25) is 0 Å². The topological polar surface area (TPSA) is 91.0 Å². The molecule has 2 aromatic carbocycles. The van der Waals surface area contributed by atoms with Crippen molar-refractivity contribution in [2.75, 3.05) is 26.9 Å². The number of furan rings is 1. The molecule has 1 aliphatic heterocycles. The van der Waals surface area contributed by atoms with Crippen molar-refractivity contribution >= 4 is 27.8 Å². The molecule has 0 spiro atoms. The first-order valence-electron chi connectivity index (χ1n) is 11.4. The fourth-order valence-electron chi connectivity index (χ4n) is 4.67. The standard InChI is InChI=1S/C27H27NO6/c1-15-8-9-22(33-13-17-10-11-32-14-23(17)31-3)24-19(27(29)30)12-20(28-25(15)24)26-16(2)18-6-4-5-7-21(18)34-26/h4-9,12,17,23H,10-11,13-14H2,1-3H3,(H,29,30)/t17-,23-/m0/s1. The Balaban J connectivity index is 1.60. The van der Waals surface area contributed by atoms with Crippen LogP contribution in [0.5, 0.6) is 5.75 Å². The first-order valence-corrected chi connectivity index (χ1v) is 11.4. The van der Waals surface area contributed by atoms with Crippen LogP contribution in [0.1, 0.15) is 27.9 Å². The van der Waals surface area contributed by atoms with Gasteiger partial charge < -0.3 is 23.7 Å². The lowest BCUT2D eigenvalue weighted by Gasteiger charge is -2.30. The van der Waals surface area contributed by atoms with Gasteiger partial charge in [-0.2, -0.15) is 0 Å². The summed E-state index contributed by atoms with van der Waals surface area (Å²) in [6.45, 7) is 5.47. The zero-order chi connectivity index (χ0) is 23.8. The highest BCUT2D eigenvalue weighted by Crippen LogP contribution is 2.37. The van der Waals surface area contributed by atoms with Crippen molar-refractivity contribution in [3.63, 3.8) is 0 Å². The molecule has 0 amide bonds. The van der Waals surface area contributed by atoms with Crippen LogP contribution in [0, 0.1) is 19.8 Å². The third-order valence-corrected chi connectivity index (χ3v) is 6.63. The lowest BCUT2D eigenvalue weighted by molar-refractivity contribution is -0.0753. The number of para-hydroxylation sites is 1. The van der Waals surface area contributed by atoms with Gasteiger partial charge in [0.05, 0.1) is 35.8 Å². The van der Waals surface area contributed by atoms with Crippen LogP contribution in [0.25, 0.3) is 33.3 Å². The summed E-state index contributed by atoms with van der Waals surface area (Å²) < 4.78 is 23.3. The molecule has 1 aliphatic rings. The molecule has 0 unspecified atom stereocenters. The van der Waals surface area contributed by atoms with Gasteiger partial charge in [-0.25, -0.2) is 9.78 Å². The fourth-order valence-corrected chi connectivity index (χ4v) is 4.67. The number of nitrogens with zero attached hydrogens (tertiary/aromatic N) is 1. The maximum Gasteiger partial charge on any atom is 0.336 e. The van der Waals surface area contributed by atoms with E-state index in [0.717, 1.165) is 28.5 Å². The fraction of sp³-hybridized carbons (Fsp3) is 0.333. The largest absolute Gasteiger partial charge is 0.492 e. The summed E-state index contributed by atoms with van der Waals surface area (Å²) in [6.07, 6.45) is 0.771. The normalized spacial score (nSPS) is 18.4. The van der Waals surface area contributed by atoms with Crippen LogP contribution in [0.3, 0.4) is 0 Å². The number of pyridine rings is 1. The van der Waals surface area contributed by atoms with E-state index in [4.69, 9.17) is 23.6 Å². The molecule has 7 nitrogen and oxygen atoms in total.